The van der Waals surface area contributed by atoms with Crippen LogP contribution in [0.5, 0.6) is 0 Å². The fraction of sp³-hybridized carbons (Fsp3) is 0.500. The quantitative estimate of drug-likeness (QED) is 0.291. The third-order valence-corrected chi connectivity index (χ3v) is 8.12. The van der Waals surface area contributed by atoms with Crippen molar-refractivity contribution < 1.29 is 29.3 Å². The number of carbonyl (C=O) groups is 2. The zero-order chi connectivity index (χ0) is 27.3. The van der Waals surface area contributed by atoms with E-state index in [0.29, 0.717) is 31.6 Å². The minimum absolute atomic E-state index is 0.00807. The van der Waals surface area contributed by atoms with Gasteiger partial charge in [-0.15, -0.1) is 0 Å². The number of nitrogens with zero attached hydrogens (tertiary/aromatic N) is 2. The van der Waals surface area contributed by atoms with Gasteiger partial charge >= 0.3 is 0 Å². The molecule has 0 radical (unpaired) electrons. The summed E-state index contributed by atoms with van der Waals surface area (Å²) >= 11 is 5.44. The van der Waals surface area contributed by atoms with Crippen molar-refractivity contribution >= 4 is 61.7 Å². The summed E-state index contributed by atoms with van der Waals surface area (Å²) in [5.74, 6) is 0.0213. The van der Waals surface area contributed by atoms with Crippen molar-refractivity contribution in [2.24, 2.45) is 0 Å². The number of halogens is 2. The lowest BCUT2D eigenvalue weighted by Crippen LogP contribution is -2.41. The number of morpholine rings is 2. The Labute approximate surface area is 246 Å². The molecule has 10 heteroatoms. The fourth-order valence-electron chi connectivity index (χ4n) is 4.09. The number of anilines is 2. The average Bonchev–Trinajstić information content (AvgIpc) is 2.96. The predicted octanol–water partition coefficient (Wildman–Crippen LogP) is 3.52. The Morgan fingerprint density at radius 3 is 1.55 bits per heavy atom. The third kappa shape index (κ3) is 9.87. The second-order valence-corrected chi connectivity index (χ2v) is 10.8. The molecule has 2 heterocycles. The van der Waals surface area contributed by atoms with Crippen LogP contribution in [0, 0.1) is 0 Å². The molecule has 4 rings (SSSR count). The van der Waals surface area contributed by atoms with Crippen LogP contribution < -0.4 is 9.80 Å². The van der Waals surface area contributed by atoms with Crippen LogP contribution in [-0.2, 0) is 31.9 Å². The smallest absolute Gasteiger partial charge is 0.253 e. The van der Waals surface area contributed by atoms with Crippen molar-refractivity contribution in [3.05, 3.63) is 59.7 Å². The molecule has 0 spiro atoms. The van der Waals surface area contributed by atoms with Gasteiger partial charge in [0.05, 0.1) is 25.4 Å². The number of carbonyl (C=O) groups excluding carboxylic acids is 2. The molecular weight excluding hydrogens is 667 g/mol. The molecule has 2 aromatic rings. The van der Waals surface area contributed by atoms with Gasteiger partial charge in [0.1, 0.15) is 13.2 Å². The van der Waals surface area contributed by atoms with Gasteiger partial charge in [-0.25, -0.2) is 0 Å². The van der Waals surface area contributed by atoms with Gasteiger partial charge in [0, 0.05) is 34.2 Å². The highest BCUT2D eigenvalue weighted by atomic mass is 127. The van der Waals surface area contributed by atoms with Gasteiger partial charge in [-0.05, 0) is 61.1 Å². The third-order valence-electron chi connectivity index (χ3n) is 6.36. The number of ether oxygens (including phenoxy) is 2. The van der Waals surface area contributed by atoms with E-state index in [1.54, 1.807) is 9.80 Å². The molecule has 2 atom stereocenters. The van der Waals surface area contributed by atoms with E-state index in [-0.39, 0.29) is 37.2 Å². The summed E-state index contributed by atoms with van der Waals surface area (Å²) in [5.41, 5.74) is 4.20. The number of aryl methyl sites for hydroxylation is 2. The molecule has 8 nitrogen and oxygen atoms in total. The van der Waals surface area contributed by atoms with Crippen LogP contribution in [0.15, 0.2) is 48.5 Å². The van der Waals surface area contributed by atoms with Crippen molar-refractivity contribution in [2.45, 2.75) is 37.9 Å². The molecule has 2 aliphatic heterocycles. The lowest BCUT2D eigenvalue weighted by Gasteiger charge is -2.26. The molecule has 2 aromatic carbocycles. The minimum Gasteiger partial charge on any atom is -0.392 e. The molecule has 2 N–H and O–H groups in total. The Hall–Kier alpha value is -1.57. The minimum atomic E-state index is -0.305. The number of alkyl halides is 2. The Morgan fingerprint density at radius 2 is 1.18 bits per heavy atom. The van der Waals surface area contributed by atoms with Gasteiger partial charge in [-0.1, -0.05) is 62.8 Å². The largest absolute Gasteiger partial charge is 0.392 e. The topological polar surface area (TPSA) is 99.5 Å². The summed E-state index contributed by atoms with van der Waals surface area (Å²) in [7, 11) is 0. The number of aliphatic hydroxyl groups excluding tert-OH is 2. The Kier molecular flexibility index (Phi) is 13.5. The van der Waals surface area contributed by atoms with Gasteiger partial charge in [0.2, 0.25) is 0 Å². The highest BCUT2D eigenvalue weighted by molar-refractivity contribution is 14.1. The van der Waals surface area contributed by atoms with Crippen LogP contribution in [0.3, 0.4) is 0 Å². The molecule has 208 valence electrons. The maximum Gasteiger partial charge on any atom is 0.253 e. The summed E-state index contributed by atoms with van der Waals surface area (Å²) in [6, 6.07) is 15.9. The van der Waals surface area contributed by atoms with E-state index < -0.39 is 0 Å². The molecule has 2 aliphatic rings. The zero-order valence-corrected chi connectivity index (χ0v) is 25.2. The number of hydrogen-bond donors (Lipinski definition) is 2. The maximum absolute atomic E-state index is 11.7. The average molecular weight is 703 g/mol. The van der Waals surface area contributed by atoms with E-state index in [0.717, 1.165) is 41.5 Å². The molecule has 0 bridgehead atoms. The molecule has 0 unspecified atom stereocenters. The van der Waals surface area contributed by atoms with E-state index in [9.17, 15) is 19.8 Å². The summed E-state index contributed by atoms with van der Waals surface area (Å²) < 4.78 is 11.0. The predicted molar refractivity (Wildman–Crippen MR) is 161 cm³/mol. The van der Waals surface area contributed by atoms with Gasteiger partial charge in [-0.3, -0.25) is 9.59 Å². The van der Waals surface area contributed by atoms with E-state index in [2.05, 4.69) is 38.5 Å². The highest BCUT2D eigenvalue weighted by Crippen LogP contribution is 2.20. The van der Waals surface area contributed by atoms with Crippen LogP contribution in [0.1, 0.15) is 24.0 Å². The van der Waals surface area contributed by atoms with Crippen LogP contribution in [-0.4, -0.2) is 83.5 Å². The molecule has 2 saturated heterocycles. The van der Waals surface area contributed by atoms with Crippen molar-refractivity contribution in [3.63, 3.8) is 0 Å². The first-order chi connectivity index (χ1) is 18.4. The fourth-order valence-corrected chi connectivity index (χ4v) is 4.85. The molecule has 38 heavy (non-hydrogen) atoms. The number of hydrogen-bond acceptors (Lipinski definition) is 6. The van der Waals surface area contributed by atoms with Crippen LogP contribution >= 0.6 is 38.5 Å². The molecule has 0 saturated carbocycles. The molecular formula is C28H36BrIN2O6. The van der Waals surface area contributed by atoms with Crippen molar-refractivity contribution in [1.82, 2.24) is 0 Å². The first-order valence-corrected chi connectivity index (χ1v) is 15.5. The molecule has 2 fully saturated rings. The van der Waals surface area contributed by atoms with E-state index >= 15 is 0 Å². The standard InChI is InChI=1S/C14H18BrNO3.C14H18INO3/c2*15-9-13(17)6-3-11-1-4-12(5-2-11)16-7-8-19-10-14(16)18/h2*1-2,4-5,13,17H,3,6-10H2/t2*13-/m11/s1. The number of amides is 2. The van der Waals surface area contributed by atoms with Gasteiger partial charge in [-0.2, -0.15) is 0 Å². The summed E-state index contributed by atoms with van der Waals surface area (Å²) in [6.07, 6.45) is 2.67. The first kappa shape index (κ1) is 31.0. The maximum atomic E-state index is 11.7. The molecule has 2 amide bonds. The van der Waals surface area contributed by atoms with Crippen LogP contribution in [0.4, 0.5) is 11.4 Å². The van der Waals surface area contributed by atoms with Crippen molar-refractivity contribution in [2.75, 3.05) is 59.1 Å². The number of aliphatic hydroxyl groups is 2. The van der Waals surface area contributed by atoms with Crippen LogP contribution in [0.2, 0.25) is 0 Å². The lowest BCUT2D eigenvalue weighted by atomic mass is 10.1. The first-order valence-electron chi connectivity index (χ1n) is 12.8. The Morgan fingerprint density at radius 1 is 0.763 bits per heavy atom. The normalized spacial score (nSPS) is 17.6. The molecule has 0 aromatic heterocycles. The Balaban J connectivity index is 0.000000211. The number of rotatable bonds is 10. The second-order valence-electron chi connectivity index (χ2n) is 9.22. The van der Waals surface area contributed by atoms with Crippen molar-refractivity contribution in [3.8, 4) is 0 Å². The van der Waals surface area contributed by atoms with Crippen LogP contribution in [0.25, 0.3) is 0 Å². The lowest BCUT2D eigenvalue weighted by molar-refractivity contribution is -0.126. The van der Waals surface area contributed by atoms with Crippen molar-refractivity contribution in [1.29, 1.82) is 0 Å². The second kappa shape index (κ2) is 16.5. The Bertz CT molecular complexity index is 926. The highest BCUT2D eigenvalue weighted by Gasteiger charge is 2.21. The summed E-state index contributed by atoms with van der Waals surface area (Å²) in [4.78, 5) is 26.9. The SMILES string of the molecule is O=C1COCCN1c1ccc(CC[C@@H](O)CBr)cc1.O=C1COCCN1c1ccc(CC[C@@H](O)CI)cc1. The summed E-state index contributed by atoms with van der Waals surface area (Å²) in [6.45, 7) is 2.75. The van der Waals surface area contributed by atoms with Gasteiger partial charge in [0.15, 0.2) is 0 Å². The van der Waals surface area contributed by atoms with E-state index in [1.165, 1.54) is 11.1 Å². The van der Waals surface area contributed by atoms with E-state index in [4.69, 9.17) is 9.47 Å². The van der Waals surface area contributed by atoms with Gasteiger partial charge < -0.3 is 29.5 Å². The number of benzene rings is 2. The van der Waals surface area contributed by atoms with E-state index in [1.807, 2.05) is 48.5 Å². The monoisotopic (exact) mass is 702 g/mol. The molecule has 0 aliphatic carbocycles. The van der Waals surface area contributed by atoms with Gasteiger partial charge in [0.25, 0.3) is 11.8 Å². The summed E-state index contributed by atoms with van der Waals surface area (Å²) in [5, 5.41) is 19.6. The zero-order valence-electron chi connectivity index (χ0n) is 21.4.